The van der Waals surface area contributed by atoms with Crippen LogP contribution >= 0.6 is 0 Å². The Morgan fingerprint density at radius 2 is 2.22 bits per heavy atom. The van der Waals surface area contributed by atoms with Gasteiger partial charge in [-0.15, -0.1) is 0 Å². The number of rotatable bonds is 4. The lowest BCUT2D eigenvalue weighted by Crippen LogP contribution is -2.04. The number of nitrogens with zero attached hydrogens (tertiary/aromatic N) is 1. The van der Waals surface area contributed by atoms with Gasteiger partial charge in [-0.3, -0.25) is 4.79 Å². The van der Waals surface area contributed by atoms with Gasteiger partial charge in [0.25, 0.3) is 0 Å². The first-order chi connectivity index (χ1) is 8.58. The summed E-state index contributed by atoms with van der Waals surface area (Å²) in [6.45, 7) is 4.33. The Morgan fingerprint density at radius 1 is 1.44 bits per heavy atom. The van der Waals surface area contributed by atoms with Crippen molar-refractivity contribution in [1.82, 2.24) is 9.97 Å². The molecule has 2 aromatic rings. The van der Waals surface area contributed by atoms with Crippen LogP contribution in [0.1, 0.15) is 25.2 Å². The van der Waals surface area contributed by atoms with E-state index in [0.717, 1.165) is 28.8 Å². The Bertz CT molecular complexity index is 558. The molecule has 0 bridgehead atoms. The lowest BCUT2D eigenvalue weighted by atomic mass is 10.1. The number of carbonyl (C=O) groups excluding carboxylic acids is 1. The second kappa shape index (κ2) is 5.21. The number of aromatic amines is 1. The zero-order valence-corrected chi connectivity index (χ0v) is 11.0. The van der Waals surface area contributed by atoms with Crippen molar-refractivity contribution in [3.05, 3.63) is 29.6 Å². The summed E-state index contributed by atoms with van der Waals surface area (Å²) in [6.07, 6.45) is 1.23. The number of H-pyrrole nitrogens is 1. The number of nitrogens with one attached hydrogen (secondary N) is 1. The van der Waals surface area contributed by atoms with E-state index in [2.05, 4.69) is 28.6 Å². The normalized spacial score (nSPS) is 11.1. The molecule has 1 aromatic heterocycles. The van der Waals surface area contributed by atoms with Crippen LogP contribution in [0, 0.1) is 5.92 Å². The molecule has 18 heavy (non-hydrogen) atoms. The van der Waals surface area contributed by atoms with E-state index in [9.17, 15) is 4.79 Å². The van der Waals surface area contributed by atoms with Crippen LogP contribution in [0.15, 0.2) is 18.2 Å². The summed E-state index contributed by atoms with van der Waals surface area (Å²) >= 11 is 0. The predicted octanol–water partition coefficient (Wildman–Crippen LogP) is 2.48. The molecule has 4 nitrogen and oxygen atoms in total. The van der Waals surface area contributed by atoms with Gasteiger partial charge in [-0.05, 0) is 23.6 Å². The Balaban J connectivity index is 2.25. The molecule has 0 saturated carbocycles. The van der Waals surface area contributed by atoms with Crippen LogP contribution in [0.5, 0.6) is 0 Å². The molecular weight excluding hydrogens is 228 g/mol. The van der Waals surface area contributed by atoms with E-state index in [4.69, 9.17) is 0 Å². The predicted molar refractivity (Wildman–Crippen MR) is 70.4 cm³/mol. The van der Waals surface area contributed by atoms with Crippen LogP contribution < -0.4 is 0 Å². The van der Waals surface area contributed by atoms with Crippen LogP contribution in [-0.4, -0.2) is 23.0 Å². The van der Waals surface area contributed by atoms with Crippen molar-refractivity contribution in [2.45, 2.75) is 26.7 Å². The fourth-order valence-corrected chi connectivity index (χ4v) is 1.94. The minimum atomic E-state index is -0.226. The molecule has 4 heteroatoms. The monoisotopic (exact) mass is 246 g/mol. The lowest BCUT2D eigenvalue weighted by molar-refractivity contribution is -0.139. The standard InChI is InChI=1S/C14H18N2O2/c1-9(2)6-13-15-11-5-4-10(7-12(11)16-13)8-14(17)18-3/h4-5,7,9H,6,8H2,1-3H3,(H,15,16). The van der Waals surface area contributed by atoms with Gasteiger partial charge in [-0.2, -0.15) is 0 Å². The van der Waals surface area contributed by atoms with Gasteiger partial charge in [0.15, 0.2) is 0 Å². The van der Waals surface area contributed by atoms with Crippen molar-refractivity contribution in [2.24, 2.45) is 5.92 Å². The summed E-state index contributed by atoms with van der Waals surface area (Å²) in [5.74, 6) is 1.34. The van der Waals surface area contributed by atoms with Crippen LogP contribution in [0.25, 0.3) is 11.0 Å². The van der Waals surface area contributed by atoms with Crippen LogP contribution in [0.2, 0.25) is 0 Å². The third-order valence-electron chi connectivity index (χ3n) is 2.77. The highest BCUT2D eigenvalue weighted by Crippen LogP contribution is 2.16. The Hall–Kier alpha value is -1.84. The van der Waals surface area contributed by atoms with Gasteiger partial charge in [0, 0.05) is 6.42 Å². The smallest absolute Gasteiger partial charge is 0.309 e. The number of methoxy groups -OCH3 is 1. The Morgan fingerprint density at radius 3 is 2.89 bits per heavy atom. The van der Waals surface area contributed by atoms with Crippen molar-refractivity contribution < 1.29 is 9.53 Å². The Labute approximate surface area is 106 Å². The maximum absolute atomic E-state index is 11.2. The minimum absolute atomic E-state index is 0.226. The first-order valence-corrected chi connectivity index (χ1v) is 6.13. The molecule has 1 heterocycles. The number of benzene rings is 1. The quantitative estimate of drug-likeness (QED) is 0.843. The van der Waals surface area contributed by atoms with Crippen molar-refractivity contribution in [2.75, 3.05) is 7.11 Å². The highest BCUT2D eigenvalue weighted by molar-refractivity contribution is 5.79. The largest absolute Gasteiger partial charge is 0.469 e. The highest BCUT2D eigenvalue weighted by atomic mass is 16.5. The zero-order chi connectivity index (χ0) is 13.1. The van der Waals surface area contributed by atoms with Gasteiger partial charge in [-0.1, -0.05) is 19.9 Å². The van der Waals surface area contributed by atoms with Gasteiger partial charge in [0.2, 0.25) is 0 Å². The number of imidazole rings is 1. The molecule has 0 aliphatic carbocycles. The summed E-state index contributed by atoms with van der Waals surface area (Å²) in [7, 11) is 1.40. The first kappa shape index (κ1) is 12.6. The molecule has 96 valence electrons. The third-order valence-corrected chi connectivity index (χ3v) is 2.77. The van der Waals surface area contributed by atoms with Crippen LogP contribution in [0.3, 0.4) is 0 Å². The molecule has 0 unspecified atom stereocenters. The molecule has 1 N–H and O–H groups in total. The molecular formula is C14H18N2O2. The van der Waals surface area contributed by atoms with Crippen molar-refractivity contribution in [3.8, 4) is 0 Å². The lowest BCUT2D eigenvalue weighted by Gasteiger charge is -1.99. The molecule has 0 spiro atoms. The van der Waals surface area contributed by atoms with Crippen molar-refractivity contribution in [1.29, 1.82) is 0 Å². The number of aromatic nitrogens is 2. The summed E-state index contributed by atoms with van der Waals surface area (Å²) < 4.78 is 4.66. The molecule has 0 saturated heterocycles. The number of esters is 1. The minimum Gasteiger partial charge on any atom is -0.469 e. The van der Waals surface area contributed by atoms with E-state index in [1.807, 2.05) is 18.2 Å². The SMILES string of the molecule is COC(=O)Cc1ccc2nc(CC(C)C)[nH]c2c1. The second-order valence-corrected chi connectivity index (χ2v) is 4.89. The second-order valence-electron chi connectivity index (χ2n) is 4.89. The average Bonchev–Trinajstić information content (AvgIpc) is 2.69. The summed E-state index contributed by atoms with van der Waals surface area (Å²) in [6, 6.07) is 5.82. The fraction of sp³-hybridized carbons (Fsp3) is 0.429. The zero-order valence-electron chi connectivity index (χ0n) is 11.0. The Kier molecular flexibility index (Phi) is 3.65. The van der Waals surface area contributed by atoms with Crippen molar-refractivity contribution >= 4 is 17.0 Å². The maximum Gasteiger partial charge on any atom is 0.309 e. The molecule has 0 aliphatic heterocycles. The number of ether oxygens (including phenoxy) is 1. The molecule has 0 fully saturated rings. The maximum atomic E-state index is 11.2. The number of hydrogen-bond donors (Lipinski definition) is 1. The summed E-state index contributed by atoms with van der Waals surface area (Å²) in [5, 5.41) is 0. The van der Waals surface area contributed by atoms with Gasteiger partial charge in [-0.25, -0.2) is 4.98 Å². The van der Waals surface area contributed by atoms with E-state index in [1.54, 1.807) is 0 Å². The van der Waals surface area contributed by atoms with Crippen LogP contribution in [0.4, 0.5) is 0 Å². The number of fused-ring (bicyclic) bond motifs is 1. The van der Waals surface area contributed by atoms with Gasteiger partial charge < -0.3 is 9.72 Å². The van der Waals surface area contributed by atoms with E-state index >= 15 is 0 Å². The van der Waals surface area contributed by atoms with Gasteiger partial charge >= 0.3 is 5.97 Å². The van der Waals surface area contributed by atoms with E-state index in [1.165, 1.54) is 7.11 Å². The molecule has 0 radical (unpaired) electrons. The van der Waals surface area contributed by atoms with E-state index in [-0.39, 0.29) is 5.97 Å². The van der Waals surface area contributed by atoms with Crippen LogP contribution in [-0.2, 0) is 22.4 Å². The van der Waals surface area contributed by atoms with E-state index in [0.29, 0.717) is 12.3 Å². The van der Waals surface area contributed by atoms with E-state index < -0.39 is 0 Å². The highest BCUT2D eigenvalue weighted by Gasteiger charge is 2.07. The van der Waals surface area contributed by atoms with Gasteiger partial charge in [0.05, 0.1) is 24.6 Å². The topological polar surface area (TPSA) is 55.0 Å². The number of carbonyl (C=O) groups is 1. The average molecular weight is 246 g/mol. The summed E-state index contributed by atoms with van der Waals surface area (Å²) in [4.78, 5) is 19.0. The summed E-state index contributed by atoms with van der Waals surface area (Å²) in [5.41, 5.74) is 2.86. The molecule has 0 aliphatic rings. The third kappa shape index (κ3) is 2.88. The van der Waals surface area contributed by atoms with Gasteiger partial charge in [0.1, 0.15) is 5.82 Å². The molecule has 2 rings (SSSR count). The molecule has 0 atom stereocenters. The fourth-order valence-electron chi connectivity index (χ4n) is 1.94. The number of hydrogen-bond acceptors (Lipinski definition) is 3. The molecule has 0 amide bonds. The molecule has 1 aromatic carbocycles. The van der Waals surface area contributed by atoms with Crippen molar-refractivity contribution in [3.63, 3.8) is 0 Å². The first-order valence-electron chi connectivity index (χ1n) is 6.13.